The Labute approximate surface area is 136 Å². The molecule has 106 valence electrons. The molecule has 0 spiro atoms. The van der Waals surface area contributed by atoms with Crippen LogP contribution in [0.5, 0.6) is 0 Å². The van der Waals surface area contributed by atoms with Crippen molar-refractivity contribution in [2.24, 2.45) is 0 Å². The van der Waals surface area contributed by atoms with E-state index >= 15 is 0 Å². The standard InChI is InChI=1S/C15H16ClIN2O/c1-15(2,3)13-12(17)14(20)19-11(18-13)8-9-5-4-6-10(16)7-9/h4-7H,8H2,1-3H3,(H,18,19,20). The summed E-state index contributed by atoms with van der Waals surface area (Å²) in [5.74, 6) is 0.669. The molecule has 20 heavy (non-hydrogen) atoms. The summed E-state index contributed by atoms with van der Waals surface area (Å²) in [4.78, 5) is 19.5. The average Bonchev–Trinajstić information content (AvgIpc) is 2.32. The van der Waals surface area contributed by atoms with Crippen molar-refractivity contribution in [1.82, 2.24) is 9.97 Å². The molecule has 0 unspecified atom stereocenters. The molecule has 0 atom stereocenters. The van der Waals surface area contributed by atoms with Crippen LogP contribution in [0.15, 0.2) is 29.1 Å². The first-order chi connectivity index (χ1) is 9.27. The topological polar surface area (TPSA) is 45.8 Å². The van der Waals surface area contributed by atoms with Gasteiger partial charge in [-0.15, -0.1) is 0 Å². The van der Waals surface area contributed by atoms with Crippen LogP contribution in [0.4, 0.5) is 0 Å². The minimum absolute atomic E-state index is 0.0810. The quantitative estimate of drug-likeness (QED) is 0.774. The smallest absolute Gasteiger partial charge is 0.264 e. The summed E-state index contributed by atoms with van der Waals surface area (Å²) < 4.78 is 0.657. The van der Waals surface area contributed by atoms with Gasteiger partial charge in [0, 0.05) is 16.9 Å². The third-order valence-corrected chi connectivity index (χ3v) is 4.12. The molecule has 2 aromatic rings. The molecule has 0 saturated carbocycles. The molecule has 1 N–H and O–H groups in total. The Hall–Kier alpha value is -0.880. The van der Waals surface area contributed by atoms with E-state index in [1.54, 1.807) is 0 Å². The Morgan fingerprint density at radius 2 is 2.05 bits per heavy atom. The summed E-state index contributed by atoms with van der Waals surface area (Å²) in [5.41, 5.74) is 1.62. The molecule has 2 rings (SSSR count). The maximum absolute atomic E-state index is 12.0. The summed E-state index contributed by atoms with van der Waals surface area (Å²) >= 11 is 8.03. The summed E-state index contributed by atoms with van der Waals surface area (Å²) in [6.45, 7) is 6.17. The minimum atomic E-state index is -0.159. The Morgan fingerprint density at radius 3 is 2.65 bits per heavy atom. The van der Waals surface area contributed by atoms with E-state index in [1.807, 2.05) is 24.3 Å². The van der Waals surface area contributed by atoms with Crippen LogP contribution in [0, 0.1) is 3.57 Å². The van der Waals surface area contributed by atoms with Gasteiger partial charge >= 0.3 is 0 Å². The predicted molar refractivity (Wildman–Crippen MR) is 90.5 cm³/mol. The first-order valence-corrected chi connectivity index (χ1v) is 7.76. The van der Waals surface area contributed by atoms with Crippen LogP contribution in [0.1, 0.15) is 37.9 Å². The largest absolute Gasteiger partial charge is 0.309 e. The van der Waals surface area contributed by atoms with Crippen LogP contribution >= 0.6 is 34.2 Å². The fraction of sp³-hybridized carbons (Fsp3) is 0.333. The Morgan fingerprint density at radius 1 is 1.35 bits per heavy atom. The van der Waals surface area contributed by atoms with Crippen LogP contribution in [-0.4, -0.2) is 9.97 Å². The van der Waals surface area contributed by atoms with E-state index in [0.29, 0.717) is 20.8 Å². The van der Waals surface area contributed by atoms with E-state index in [1.165, 1.54) is 0 Å². The molecule has 0 saturated heterocycles. The number of nitrogens with zero attached hydrogens (tertiary/aromatic N) is 1. The van der Waals surface area contributed by atoms with Gasteiger partial charge in [0.1, 0.15) is 9.39 Å². The van der Waals surface area contributed by atoms with Crippen molar-refractivity contribution < 1.29 is 0 Å². The third-order valence-electron chi connectivity index (χ3n) is 2.88. The van der Waals surface area contributed by atoms with Gasteiger partial charge in [0.2, 0.25) is 0 Å². The molecular weight excluding hydrogens is 387 g/mol. The van der Waals surface area contributed by atoms with Gasteiger partial charge in [0.05, 0.1) is 5.69 Å². The number of nitrogens with one attached hydrogen (secondary N) is 1. The molecule has 0 radical (unpaired) electrons. The van der Waals surface area contributed by atoms with Crippen molar-refractivity contribution in [3.8, 4) is 0 Å². The number of rotatable bonds is 2. The zero-order valence-electron chi connectivity index (χ0n) is 11.6. The molecule has 1 aromatic heterocycles. The van der Waals surface area contributed by atoms with Crippen molar-refractivity contribution in [3.63, 3.8) is 0 Å². The number of benzene rings is 1. The molecule has 1 aromatic carbocycles. The first kappa shape index (κ1) is 15.5. The summed E-state index contributed by atoms with van der Waals surface area (Å²) in [7, 11) is 0. The van der Waals surface area contributed by atoms with Gasteiger partial charge in [-0.3, -0.25) is 4.79 Å². The third kappa shape index (κ3) is 3.61. The maximum Gasteiger partial charge on any atom is 0.264 e. The fourth-order valence-electron chi connectivity index (χ4n) is 1.93. The molecule has 0 fully saturated rings. The summed E-state index contributed by atoms with van der Waals surface area (Å²) in [5, 5.41) is 0.686. The molecule has 1 heterocycles. The predicted octanol–water partition coefficient (Wildman–Crippen LogP) is 3.92. The number of H-pyrrole nitrogens is 1. The Kier molecular flexibility index (Phi) is 4.54. The highest BCUT2D eigenvalue weighted by Crippen LogP contribution is 2.23. The van der Waals surface area contributed by atoms with E-state index in [9.17, 15) is 4.79 Å². The Balaban J connectivity index is 2.44. The van der Waals surface area contributed by atoms with Crippen molar-refractivity contribution in [1.29, 1.82) is 0 Å². The highest BCUT2D eigenvalue weighted by Gasteiger charge is 2.21. The highest BCUT2D eigenvalue weighted by atomic mass is 127. The van der Waals surface area contributed by atoms with E-state index in [2.05, 4.69) is 53.3 Å². The zero-order chi connectivity index (χ0) is 14.9. The minimum Gasteiger partial charge on any atom is -0.309 e. The monoisotopic (exact) mass is 402 g/mol. The van der Waals surface area contributed by atoms with Crippen LogP contribution in [0.2, 0.25) is 5.02 Å². The Bertz CT molecular complexity index is 689. The lowest BCUT2D eigenvalue weighted by molar-refractivity contribution is 0.556. The molecule has 5 heteroatoms. The average molecular weight is 403 g/mol. The molecule has 0 aliphatic rings. The van der Waals surface area contributed by atoms with E-state index in [-0.39, 0.29) is 11.0 Å². The second-order valence-corrected chi connectivity index (χ2v) is 7.25. The molecule has 0 bridgehead atoms. The lowest BCUT2D eigenvalue weighted by atomic mass is 9.92. The summed E-state index contributed by atoms with van der Waals surface area (Å²) in [6, 6.07) is 7.58. The van der Waals surface area contributed by atoms with Crippen LogP contribution in [0.3, 0.4) is 0 Å². The normalized spacial score (nSPS) is 11.7. The first-order valence-electron chi connectivity index (χ1n) is 6.31. The second-order valence-electron chi connectivity index (χ2n) is 5.73. The van der Waals surface area contributed by atoms with Gasteiger partial charge in [-0.25, -0.2) is 4.98 Å². The molecule has 0 aliphatic heterocycles. The SMILES string of the molecule is CC(C)(C)c1nc(Cc2cccc(Cl)c2)[nH]c(=O)c1I. The van der Waals surface area contributed by atoms with Gasteiger partial charge in [-0.05, 0) is 40.3 Å². The van der Waals surface area contributed by atoms with Crippen LogP contribution in [-0.2, 0) is 11.8 Å². The number of aromatic amines is 1. The second kappa shape index (κ2) is 5.85. The summed E-state index contributed by atoms with van der Waals surface area (Å²) in [6.07, 6.45) is 0.565. The molecular formula is C15H16ClIN2O. The lowest BCUT2D eigenvalue weighted by Crippen LogP contribution is -2.25. The lowest BCUT2D eigenvalue weighted by Gasteiger charge is -2.19. The molecule has 0 aliphatic carbocycles. The van der Waals surface area contributed by atoms with Gasteiger partial charge in [0.25, 0.3) is 5.56 Å². The van der Waals surface area contributed by atoms with Crippen molar-refractivity contribution in [2.75, 3.05) is 0 Å². The van der Waals surface area contributed by atoms with E-state index in [0.717, 1.165) is 11.3 Å². The van der Waals surface area contributed by atoms with Gasteiger partial charge < -0.3 is 4.98 Å². The highest BCUT2D eigenvalue weighted by molar-refractivity contribution is 14.1. The van der Waals surface area contributed by atoms with Crippen LogP contribution in [0.25, 0.3) is 0 Å². The van der Waals surface area contributed by atoms with Gasteiger partial charge in [0.15, 0.2) is 0 Å². The zero-order valence-corrected chi connectivity index (χ0v) is 14.5. The number of halogens is 2. The fourth-order valence-corrected chi connectivity index (χ4v) is 3.20. The van der Waals surface area contributed by atoms with Crippen molar-refractivity contribution in [3.05, 3.63) is 60.3 Å². The number of hydrogen-bond donors (Lipinski definition) is 1. The molecule has 0 amide bonds. The number of hydrogen-bond acceptors (Lipinski definition) is 2. The van der Waals surface area contributed by atoms with Crippen molar-refractivity contribution in [2.45, 2.75) is 32.6 Å². The van der Waals surface area contributed by atoms with E-state index < -0.39 is 0 Å². The maximum atomic E-state index is 12.0. The van der Waals surface area contributed by atoms with E-state index in [4.69, 9.17) is 11.6 Å². The van der Waals surface area contributed by atoms with Crippen LogP contribution < -0.4 is 5.56 Å². The molecule has 3 nitrogen and oxygen atoms in total. The van der Waals surface area contributed by atoms with Gasteiger partial charge in [-0.2, -0.15) is 0 Å². The number of aromatic nitrogens is 2. The van der Waals surface area contributed by atoms with Crippen molar-refractivity contribution >= 4 is 34.2 Å². The van der Waals surface area contributed by atoms with Gasteiger partial charge in [-0.1, -0.05) is 44.5 Å².